The summed E-state index contributed by atoms with van der Waals surface area (Å²) >= 11 is 0. The second kappa shape index (κ2) is 9.53. The molecule has 0 bridgehead atoms. The van der Waals surface area contributed by atoms with Gasteiger partial charge in [-0.15, -0.1) is 0 Å². The molecule has 0 aliphatic heterocycles. The van der Waals surface area contributed by atoms with Crippen LogP contribution in [0.4, 0.5) is 0 Å². The van der Waals surface area contributed by atoms with Crippen molar-refractivity contribution in [2.75, 3.05) is 7.11 Å². The van der Waals surface area contributed by atoms with Crippen molar-refractivity contribution in [1.29, 1.82) is 0 Å². The number of hydroxylamine groups is 1. The molecule has 0 spiro atoms. The van der Waals surface area contributed by atoms with E-state index in [-0.39, 0.29) is 18.7 Å². The first-order valence-electron chi connectivity index (χ1n) is 9.16. The third kappa shape index (κ3) is 4.92. The Morgan fingerprint density at radius 3 is 2.27 bits per heavy atom. The Kier molecular flexibility index (Phi) is 6.61. The number of hydrogen-bond acceptors (Lipinski definition) is 5. The molecule has 3 rings (SSSR count). The third-order valence-corrected chi connectivity index (χ3v) is 4.55. The van der Waals surface area contributed by atoms with Crippen LogP contribution in [0.3, 0.4) is 0 Å². The maximum absolute atomic E-state index is 12.7. The Balaban J connectivity index is 1.69. The van der Waals surface area contributed by atoms with Gasteiger partial charge < -0.3 is 14.6 Å². The first-order valence-corrected chi connectivity index (χ1v) is 9.16. The molecule has 30 heavy (non-hydrogen) atoms. The lowest BCUT2D eigenvalue weighted by Gasteiger charge is -2.10. The zero-order valence-corrected chi connectivity index (χ0v) is 16.3. The second-order valence-corrected chi connectivity index (χ2v) is 6.52. The standard InChI is InChI=1S/C22H21N3O5/c1-30-18-10-6-15(7-11-18)13-23-21(27)19-3-2-12-25(22(19)28)14-16-4-8-17(9-5-16)20(26)24-29/h2-12,29H,13-14H2,1H3,(H,23,27)(H,24,26). The van der Waals surface area contributed by atoms with Crippen molar-refractivity contribution in [3.8, 4) is 5.75 Å². The number of pyridine rings is 1. The van der Waals surface area contributed by atoms with Gasteiger partial charge >= 0.3 is 0 Å². The first kappa shape index (κ1) is 20.8. The minimum Gasteiger partial charge on any atom is -0.497 e. The van der Waals surface area contributed by atoms with Crippen LogP contribution in [0.25, 0.3) is 0 Å². The first-order chi connectivity index (χ1) is 14.5. The van der Waals surface area contributed by atoms with Crippen molar-refractivity contribution < 1.29 is 19.5 Å². The summed E-state index contributed by atoms with van der Waals surface area (Å²) in [6.45, 7) is 0.519. The number of methoxy groups -OCH3 is 1. The molecule has 3 N–H and O–H groups in total. The van der Waals surface area contributed by atoms with E-state index in [9.17, 15) is 14.4 Å². The van der Waals surface area contributed by atoms with E-state index in [2.05, 4.69) is 5.32 Å². The predicted molar refractivity (Wildman–Crippen MR) is 110 cm³/mol. The Bertz CT molecular complexity index is 1090. The summed E-state index contributed by atoms with van der Waals surface area (Å²) in [6, 6.07) is 16.8. The fraction of sp³-hybridized carbons (Fsp3) is 0.136. The van der Waals surface area contributed by atoms with Gasteiger partial charge in [0.2, 0.25) is 0 Å². The van der Waals surface area contributed by atoms with Crippen molar-refractivity contribution in [1.82, 2.24) is 15.4 Å². The summed E-state index contributed by atoms with van der Waals surface area (Å²) in [4.78, 5) is 36.6. The second-order valence-electron chi connectivity index (χ2n) is 6.52. The van der Waals surface area contributed by atoms with Crippen LogP contribution in [0.1, 0.15) is 31.8 Å². The van der Waals surface area contributed by atoms with E-state index < -0.39 is 17.4 Å². The zero-order chi connectivity index (χ0) is 21.5. The number of amides is 2. The number of nitrogens with zero attached hydrogens (tertiary/aromatic N) is 1. The van der Waals surface area contributed by atoms with Crippen molar-refractivity contribution in [2.45, 2.75) is 13.1 Å². The SMILES string of the molecule is COc1ccc(CNC(=O)c2cccn(Cc3ccc(C(=O)NO)cc3)c2=O)cc1. The number of benzene rings is 2. The highest BCUT2D eigenvalue weighted by molar-refractivity contribution is 5.94. The van der Waals surface area contributed by atoms with Crippen molar-refractivity contribution in [3.63, 3.8) is 0 Å². The molecule has 0 aliphatic rings. The Morgan fingerprint density at radius 1 is 0.967 bits per heavy atom. The number of aromatic nitrogens is 1. The van der Waals surface area contributed by atoms with Gasteiger partial charge in [-0.2, -0.15) is 0 Å². The molecule has 8 heteroatoms. The molecular formula is C22H21N3O5. The molecule has 0 atom stereocenters. The molecule has 0 saturated carbocycles. The van der Waals surface area contributed by atoms with E-state index in [4.69, 9.17) is 9.94 Å². The number of ether oxygens (including phenoxy) is 1. The largest absolute Gasteiger partial charge is 0.497 e. The molecule has 1 heterocycles. The minimum absolute atomic E-state index is 0.0438. The zero-order valence-electron chi connectivity index (χ0n) is 16.3. The summed E-state index contributed by atoms with van der Waals surface area (Å²) < 4.78 is 6.52. The number of carbonyl (C=O) groups excluding carboxylic acids is 2. The summed E-state index contributed by atoms with van der Waals surface area (Å²) in [6.07, 6.45) is 1.59. The van der Waals surface area contributed by atoms with Gasteiger partial charge in [0.05, 0.1) is 13.7 Å². The van der Waals surface area contributed by atoms with E-state index in [1.807, 2.05) is 12.1 Å². The summed E-state index contributed by atoms with van der Waals surface area (Å²) in [5.41, 5.74) is 3.13. The van der Waals surface area contributed by atoms with Crippen LogP contribution in [0, 0.1) is 0 Å². The molecule has 0 aliphatic carbocycles. The minimum atomic E-state index is -0.616. The number of carbonyl (C=O) groups is 2. The topological polar surface area (TPSA) is 110 Å². The Labute approximate surface area is 172 Å². The average Bonchev–Trinajstić information content (AvgIpc) is 2.79. The quantitative estimate of drug-likeness (QED) is 0.410. The molecule has 8 nitrogen and oxygen atoms in total. The fourth-order valence-corrected chi connectivity index (χ4v) is 2.88. The molecule has 3 aromatic rings. The molecule has 0 unspecified atom stereocenters. The van der Waals surface area contributed by atoms with Gasteiger partial charge in [-0.05, 0) is 47.5 Å². The van der Waals surface area contributed by atoms with Crippen LogP contribution in [0.15, 0.2) is 71.7 Å². The lowest BCUT2D eigenvalue weighted by molar-refractivity contribution is 0.0706. The lowest BCUT2D eigenvalue weighted by atomic mass is 10.1. The van der Waals surface area contributed by atoms with Gasteiger partial charge in [0.15, 0.2) is 0 Å². The molecular weight excluding hydrogens is 386 g/mol. The predicted octanol–water partition coefficient (Wildman–Crippen LogP) is 1.95. The van der Waals surface area contributed by atoms with Crippen LogP contribution >= 0.6 is 0 Å². The molecule has 0 saturated heterocycles. The van der Waals surface area contributed by atoms with E-state index >= 15 is 0 Å². The summed E-state index contributed by atoms with van der Waals surface area (Å²) in [5.74, 6) is -0.351. The third-order valence-electron chi connectivity index (χ3n) is 4.55. The smallest absolute Gasteiger partial charge is 0.274 e. The molecule has 2 aromatic carbocycles. The van der Waals surface area contributed by atoms with Crippen molar-refractivity contribution >= 4 is 11.8 Å². The van der Waals surface area contributed by atoms with Gasteiger partial charge in [-0.3, -0.25) is 19.6 Å². The van der Waals surface area contributed by atoms with Crippen LogP contribution in [0.5, 0.6) is 5.75 Å². The van der Waals surface area contributed by atoms with E-state index in [1.165, 1.54) is 22.8 Å². The van der Waals surface area contributed by atoms with Crippen molar-refractivity contribution in [2.24, 2.45) is 0 Å². The van der Waals surface area contributed by atoms with Gasteiger partial charge in [0, 0.05) is 18.3 Å². The molecule has 154 valence electrons. The molecule has 0 radical (unpaired) electrons. The van der Waals surface area contributed by atoms with Gasteiger partial charge in [0.1, 0.15) is 11.3 Å². The van der Waals surface area contributed by atoms with Crippen LogP contribution in [-0.4, -0.2) is 28.7 Å². The fourth-order valence-electron chi connectivity index (χ4n) is 2.88. The summed E-state index contributed by atoms with van der Waals surface area (Å²) in [5, 5.41) is 11.4. The Hall–Kier alpha value is -3.91. The maximum atomic E-state index is 12.7. The maximum Gasteiger partial charge on any atom is 0.274 e. The number of rotatable bonds is 7. The van der Waals surface area contributed by atoms with Crippen LogP contribution in [0.2, 0.25) is 0 Å². The highest BCUT2D eigenvalue weighted by atomic mass is 16.5. The van der Waals surface area contributed by atoms with Crippen LogP contribution < -0.4 is 21.1 Å². The van der Waals surface area contributed by atoms with Gasteiger partial charge in [-0.25, -0.2) is 5.48 Å². The van der Waals surface area contributed by atoms with Crippen LogP contribution in [-0.2, 0) is 13.1 Å². The normalized spacial score (nSPS) is 10.3. The number of hydrogen-bond donors (Lipinski definition) is 3. The Morgan fingerprint density at radius 2 is 1.63 bits per heavy atom. The van der Waals surface area contributed by atoms with Gasteiger partial charge in [0.25, 0.3) is 17.4 Å². The van der Waals surface area contributed by atoms with E-state index in [1.54, 1.807) is 49.1 Å². The lowest BCUT2D eigenvalue weighted by Crippen LogP contribution is -2.32. The van der Waals surface area contributed by atoms with E-state index in [0.29, 0.717) is 5.56 Å². The molecule has 2 amide bonds. The average molecular weight is 407 g/mol. The van der Waals surface area contributed by atoms with E-state index in [0.717, 1.165) is 16.9 Å². The molecule has 1 aromatic heterocycles. The summed E-state index contributed by atoms with van der Waals surface area (Å²) in [7, 11) is 1.58. The highest BCUT2D eigenvalue weighted by Crippen LogP contribution is 2.11. The number of nitrogens with one attached hydrogen (secondary N) is 2. The van der Waals surface area contributed by atoms with Gasteiger partial charge in [-0.1, -0.05) is 24.3 Å². The monoisotopic (exact) mass is 407 g/mol. The molecule has 0 fully saturated rings. The highest BCUT2D eigenvalue weighted by Gasteiger charge is 2.12. The van der Waals surface area contributed by atoms with Crippen molar-refractivity contribution in [3.05, 3.63) is 99.5 Å².